The molecule has 10 aliphatic heterocycles. The van der Waals surface area contributed by atoms with E-state index in [1.54, 1.807) is 0 Å². The molecule has 0 aromatic heterocycles. The fourth-order valence-electron chi connectivity index (χ4n) is 14.7. The predicted molar refractivity (Wildman–Crippen MR) is 375 cm³/mol. The molecular formula is C58H98O63S6. The third-order valence-electron chi connectivity index (χ3n) is 21.0. The van der Waals surface area contributed by atoms with Gasteiger partial charge in [-0.25, -0.2) is 25.1 Å². The molecule has 127 heavy (non-hydrogen) atoms. The maximum atomic E-state index is 12.7. The summed E-state index contributed by atoms with van der Waals surface area (Å²) in [7, 11) is -31.5. The zero-order chi connectivity index (χ0) is 94.3. The van der Waals surface area contributed by atoms with Crippen LogP contribution in [0.1, 0.15) is 13.8 Å². The first kappa shape index (κ1) is 107. The van der Waals surface area contributed by atoms with Gasteiger partial charge in [-0.1, -0.05) is 0 Å². The molecule has 10 rings (SSSR count). The number of rotatable bonds is 36. The zero-order valence-electron chi connectivity index (χ0n) is 65.3. The van der Waals surface area contributed by atoms with Gasteiger partial charge in [0.25, 0.3) is 0 Å². The van der Waals surface area contributed by atoms with Crippen LogP contribution >= 0.6 is 0 Å². The Morgan fingerprint density at radius 3 is 0.890 bits per heavy atom. The summed E-state index contributed by atoms with van der Waals surface area (Å²) in [6, 6.07) is 0. The van der Waals surface area contributed by atoms with Crippen molar-refractivity contribution in [3.05, 3.63) is 0 Å². The first-order valence-corrected chi connectivity index (χ1v) is 45.4. The molecule has 10 aliphatic rings. The molecule has 0 aliphatic carbocycles. The molecule has 10 saturated heterocycles. The Morgan fingerprint density at radius 1 is 0.244 bits per heavy atom. The summed E-state index contributed by atoms with van der Waals surface area (Å²) in [5, 5.41) is 206. The fraction of sp³-hybridized carbons (Fsp3) is 1.00. The Balaban J connectivity index is 0.987. The van der Waals surface area contributed by atoms with Crippen LogP contribution in [0.25, 0.3) is 0 Å². The molecule has 24 N–H and O–H groups in total. The second-order valence-electron chi connectivity index (χ2n) is 29.7. The molecule has 0 saturated carbocycles. The molecule has 0 aromatic rings. The van der Waals surface area contributed by atoms with Gasteiger partial charge in [-0.05, 0) is 13.8 Å². The predicted octanol–water partition coefficient (Wildman–Crippen LogP) is -17.9. The summed E-state index contributed by atoms with van der Waals surface area (Å²) in [6.07, 6.45) is -107. The van der Waals surface area contributed by atoms with Gasteiger partial charge >= 0.3 is 62.4 Å². The quantitative estimate of drug-likeness (QED) is 0.0259. The van der Waals surface area contributed by atoms with Gasteiger partial charge in [-0.3, -0.25) is 27.3 Å². The van der Waals surface area contributed by atoms with E-state index in [0.29, 0.717) is 0 Å². The number of ether oxygens (including phenoxy) is 21. The highest BCUT2D eigenvalue weighted by Crippen LogP contribution is 2.42. The van der Waals surface area contributed by atoms with Crippen LogP contribution in [0.15, 0.2) is 0 Å². The lowest BCUT2D eigenvalue weighted by molar-refractivity contribution is -0.413. The van der Waals surface area contributed by atoms with Crippen molar-refractivity contribution in [3.8, 4) is 0 Å². The van der Waals surface area contributed by atoms with Gasteiger partial charge in [-0.15, -0.1) is 0 Å². The molecule has 0 radical (unpaired) electrons. The van der Waals surface area contributed by atoms with E-state index in [1.165, 1.54) is 0 Å². The van der Waals surface area contributed by atoms with Crippen LogP contribution in [-0.2, 0) is 187 Å². The van der Waals surface area contributed by atoms with Crippen molar-refractivity contribution in [2.45, 2.75) is 296 Å². The molecule has 0 aromatic carbocycles. The first-order chi connectivity index (χ1) is 58.9. The SMILES string of the molecule is CO[C@@H]1[C@@H](O)[C@H](O[C@@H]2[C@@H](O)[C@H](O[C@H]3[C@H](O)[C@@H](O[C@@H]4OC[C@@H](O)[C@H](O)[C@H]4O)[C@H](O[C@H]4[C@H](O[C@H]5[C@H](O[C@@H]6[C@@H](O)[C@H](O[C@H]7[C@H](O)[C@@H](O[C@@H]8OC[C@@H](O)[C@H](O)[C@H]8O)[C@H](O[C@H]8C(O)OC[C@@H](OS(=O)(=O)O)[C@@H]8O)O[C@@H]7C)O[C@H](COS(=O)(=O)O)[C@H]6O)O[C@H](COS(=O)(=O)O)[C@@H](O)[C@@H]5OC)OC[C@@H](OS(=O)(=O)O)[C@@H]4O)O[C@@H]3C)O[C@H](COS(=O)(=O)O)[C@H]2O)O[C@H](COS(=O)(=O)O)[C@H]1O. The second-order valence-corrected chi connectivity index (χ2v) is 36.2. The van der Waals surface area contributed by atoms with Crippen molar-refractivity contribution < 1.29 is 294 Å². The highest BCUT2D eigenvalue weighted by atomic mass is 32.3. The molecular weight excluding hydrogens is 1900 g/mol. The first-order valence-electron chi connectivity index (χ1n) is 37.2. The van der Waals surface area contributed by atoms with Crippen molar-refractivity contribution in [2.75, 3.05) is 67.1 Å². The minimum Gasteiger partial charge on any atom is -0.388 e. The van der Waals surface area contributed by atoms with E-state index in [4.69, 9.17) is 99.5 Å². The van der Waals surface area contributed by atoms with Gasteiger partial charge in [-0.2, -0.15) is 50.5 Å². The number of methoxy groups -OCH3 is 2. The standard InChI is InChI=1S/C58H98O63S6/c1-13-38(33(71)46(116-50-31(69)23(61)15(59)5-98-50)56(105-13)115-44-29(67)21(7-97-49(44)76)120-126(89,90)91)112-54-37(75)42(27(65)19(109-54)11-103-124(83,84)85)114-58-48(43(96-4)28(66)20(110-58)12-104-125(86,87)88)119-55-45(30(68)22(8-100-55)121-127(92,93)94)118-57-47(117-51-32(70)24(62)16(60)6-99-51)34(72)39(14(2)106-57)111-53-36(74)41(26(64)18(108-53)10-102-123(80,81)82)113-52-35(73)40(95-3)25(63)17(107-52)9-101-122(77,78)79/h13-76H,5-12H2,1-4H3,(H,77,78,79)(H,80,81,82)(H,83,84,85)(H,86,87,88)(H,89,90,91)(H,92,93,94)/t13-,14-,15-,16-,17-,18-,19-,20-,21-,22-,23+,24+,25-,26-,27-,28-,29+,30+,31-,32-,33+,34+,35-,36-,37-,38-,39-,40+,41+,42+,43+,44-,45-,46-,47-,48-,49?,50+,51+,52+,53+,54+,55+,56+,57+,58+/m1/s1. The van der Waals surface area contributed by atoms with E-state index in [0.717, 1.165) is 28.1 Å². The molecule has 69 heteroatoms. The minimum absolute atomic E-state index is 0.762. The highest BCUT2D eigenvalue weighted by molar-refractivity contribution is 7.82. The lowest BCUT2D eigenvalue weighted by Crippen LogP contribution is -2.69. The summed E-state index contributed by atoms with van der Waals surface area (Å²) in [5.74, 6) is 0. The van der Waals surface area contributed by atoms with E-state index < -0.39 is 398 Å². The van der Waals surface area contributed by atoms with Crippen LogP contribution in [0.5, 0.6) is 0 Å². The third kappa shape index (κ3) is 27.1. The van der Waals surface area contributed by atoms with Gasteiger partial charge in [0.15, 0.2) is 62.9 Å². The Labute approximate surface area is 717 Å². The monoisotopic (exact) mass is 1990 g/mol. The summed E-state index contributed by atoms with van der Waals surface area (Å²) in [5.41, 5.74) is 0. The summed E-state index contributed by atoms with van der Waals surface area (Å²) >= 11 is 0. The zero-order valence-corrected chi connectivity index (χ0v) is 70.2. The molecule has 0 bridgehead atoms. The van der Waals surface area contributed by atoms with Crippen molar-refractivity contribution >= 4 is 62.4 Å². The largest absolute Gasteiger partial charge is 0.397 e. The van der Waals surface area contributed by atoms with E-state index in [1.807, 2.05) is 0 Å². The van der Waals surface area contributed by atoms with Crippen molar-refractivity contribution in [2.24, 2.45) is 0 Å². The molecule has 10 fully saturated rings. The number of hydrogen-bond donors (Lipinski definition) is 24. The molecule has 1 unspecified atom stereocenters. The maximum absolute atomic E-state index is 12.7. The smallest absolute Gasteiger partial charge is 0.388 e. The lowest BCUT2D eigenvalue weighted by atomic mass is 9.95. The number of aliphatic hydroxyl groups is 18. The normalized spacial score (nSPS) is 46.9. The topological polar surface area (TPSA) is 940 Å². The average molecular weight is 2000 g/mol. The minimum atomic E-state index is -5.76. The van der Waals surface area contributed by atoms with E-state index in [-0.39, 0.29) is 0 Å². The third-order valence-corrected chi connectivity index (χ3v) is 23.7. The van der Waals surface area contributed by atoms with E-state index >= 15 is 0 Å². The number of aliphatic hydroxyl groups excluding tert-OH is 18. The van der Waals surface area contributed by atoms with E-state index in [2.05, 4.69) is 25.1 Å². The average Bonchev–Trinajstić information content (AvgIpc) is 0.766. The second kappa shape index (κ2) is 43.6. The van der Waals surface area contributed by atoms with Crippen LogP contribution in [0, 0.1) is 0 Å². The Kier molecular flexibility index (Phi) is 36.6. The van der Waals surface area contributed by atoms with Crippen LogP contribution in [0.4, 0.5) is 0 Å². The van der Waals surface area contributed by atoms with Gasteiger partial charge in [0.2, 0.25) is 0 Å². The molecule has 0 amide bonds. The Morgan fingerprint density at radius 2 is 0.520 bits per heavy atom. The van der Waals surface area contributed by atoms with Crippen LogP contribution < -0.4 is 0 Å². The molecule has 744 valence electrons. The van der Waals surface area contributed by atoms with Crippen molar-refractivity contribution in [1.82, 2.24) is 0 Å². The molecule has 46 atom stereocenters. The molecule has 0 spiro atoms. The molecule has 10 heterocycles. The van der Waals surface area contributed by atoms with Gasteiger partial charge in [0.05, 0.1) is 65.1 Å². The highest BCUT2D eigenvalue weighted by Gasteiger charge is 2.62. The maximum Gasteiger partial charge on any atom is 0.397 e. The summed E-state index contributed by atoms with van der Waals surface area (Å²) in [4.78, 5) is 0. The van der Waals surface area contributed by atoms with E-state index in [9.17, 15) is 170 Å². The summed E-state index contributed by atoms with van der Waals surface area (Å²) < 4.78 is 350. The number of hydrogen-bond acceptors (Lipinski definition) is 57. The Hall–Kier alpha value is -2.34. The van der Waals surface area contributed by atoms with Crippen molar-refractivity contribution in [1.29, 1.82) is 0 Å². The molecule has 63 nitrogen and oxygen atoms in total. The van der Waals surface area contributed by atoms with Gasteiger partial charge < -0.3 is 191 Å². The van der Waals surface area contributed by atoms with Crippen LogP contribution in [-0.4, -0.2) is 519 Å². The van der Waals surface area contributed by atoms with Gasteiger partial charge in [0, 0.05) is 14.2 Å². The fourth-order valence-corrected chi connectivity index (χ4v) is 16.9. The lowest BCUT2D eigenvalue weighted by Gasteiger charge is -2.51. The summed E-state index contributed by atoms with van der Waals surface area (Å²) in [6.45, 7) is -7.74. The van der Waals surface area contributed by atoms with Crippen LogP contribution in [0.3, 0.4) is 0 Å². The Bertz CT molecular complexity index is 4230. The van der Waals surface area contributed by atoms with Gasteiger partial charge in [0.1, 0.15) is 208 Å². The van der Waals surface area contributed by atoms with Crippen molar-refractivity contribution in [3.63, 3.8) is 0 Å². The van der Waals surface area contributed by atoms with Crippen LogP contribution in [0.2, 0.25) is 0 Å².